The molecule has 0 saturated carbocycles. The van der Waals surface area contributed by atoms with Crippen LogP contribution in [0.15, 0.2) is 65.1 Å². The van der Waals surface area contributed by atoms with Crippen LogP contribution in [-0.2, 0) is 6.54 Å². The SMILES string of the molecule is COc1ccc(CNc2ccccc2-c2ccc(C=O)o2)cc1. The topological polar surface area (TPSA) is 51.5 Å². The number of hydrogen-bond donors (Lipinski definition) is 1. The van der Waals surface area contributed by atoms with E-state index in [0.29, 0.717) is 24.4 Å². The van der Waals surface area contributed by atoms with E-state index in [9.17, 15) is 4.79 Å². The van der Waals surface area contributed by atoms with Crippen molar-refractivity contribution in [3.05, 3.63) is 72.0 Å². The number of hydrogen-bond acceptors (Lipinski definition) is 4. The fourth-order valence-corrected chi connectivity index (χ4v) is 2.35. The molecule has 0 radical (unpaired) electrons. The van der Waals surface area contributed by atoms with Gasteiger partial charge in [-0.1, -0.05) is 24.3 Å². The molecule has 1 N–H and O–H groups in total. The molecule has 0 unspecified atom stereocenters. The smallest absolute Gasteiger partial charge is 0.185 e. The van der Waals surface area contributed by atoms with Crippen molar-refractivity contribution in [2.45, 2.75) is 6.54 Å². The highest BCUT2D eigenvalue weighted by Gasteiger charge is 2.09. The number of anilines is 1. The van der Waals surface area contributed by atoms with Gasteiger partial charge in [0.15, 0.2) is 12.0 Å². The number of nitrogens with one attached hydrogen (secondary N) is 1. The van der Waals surface area contributed by atoms with Crippen molar-refractivity contribution in [2.75, 3.05) is 12.4 Å². The molecule has 3 aromatic rings. The molecule has 2 aromatic carbocycles. The number of ether oxygens (including phenoxy) is 1. The number of carbonyl (C=O) groups is 1. The number of methoxy groups -OCH3 is 1. The molecule has 3 rings (SSSR count). The van der Waals surface area contributed by atoms with Crippen molar-refractivity contribution in [3.8, 4) is 17.1 Å². The van der Waals surface area contributed by atoms with Crippen LogP contribution in [0.3, 0.4) is 0 Å². The number of aldehydes is 1. The number of para-hydroxylation sites is 1. The number of carbonyl (C=O) groups excluding carboxylic acids is 1. The average molecular weight is 307 g/mol. The molecule has 0 spiro atoms. The molecule has 0 fully saturated rings. The molecule has 0 aliphatic rings. The third-order valence-corrected chi connectivity index (χ3v) is 3.58. The van der Waals surface area contributed by atoms with Crippen molar-refractivity contribution in [3.63, 3.8) is 0 Å². The summed E-state index contributed by atoms with van der Waals surface area (Å²) in [4.78, 5) is 10.8. The second-order valence-corrected chi connectivity index (χ2v) is 5.07. The van der Waals surface area contributed by atoms with Gasteiger partial charge < -0.3 is 14.5 Å². The van der Waals surface area contributed by atoms with Crippen LogP contribution in [0.5, 0.6) is 5.75 Å². The Morgan fingerprint density at radius 2 is 1.83 bits per heavy atom. The second kappa shape index (κ2) is 6.83. The van der Waals surface area contributed by atoms with Gasteiger partial charge in [0.2, 0.25) is 0 Å². The van der Waals surface area contributed by atoms with Gasteiger partial charge in [0.1, 0.15) is 11.5 Å². The minimum Gasteiger partial charge on any atom is -0.497 e. The zero-order valence-corrected chi connectivity index (χ0v) is 12.8. The molecule has 1 aromatic heterocycles. The molecule has 0 amide bonds. The van der Waals surface area contributed by atoms with E-state index in [-0.39, 0.29) is 0 Å². The van der Waals surface area contributed by atoms with E-state index in [4.69, 9.17) is 9.15 Å². The normalized spacial score (nSPS) is 10.3. The molecule has 4 heteroatoms. The Labute approximate surface area is 134 Å². The van der Waals surface area contributed by atoms with E-state index in [2.05, 4.69) is 5.32 Å². The predicted molar refractivity (Wildman–Crippen MR) is 89.9 cm³/mol. The van der Waals surface area contributed by atoms with Crippen molar-refractivity contribution in [2.24, 2.45) is 0 Å². The van der Waals surface area contributed by atoms with Gasteiger partial charge in [0.05, 0.1) is 7.11 Å². The fourth-order valence-electron chi connectivity index (χ4n) is 2.35. The van der Waals surface area contributed by atoms with Gasteiger partial charge in [-0.25, -0.2) is 0 Å². The first kappa shape index (κ1) is 14.9. The predicted octanol–water partition coefficient (Wildman–Crippen LogP) is 4.38. The van der Waals surface area contributed by atoms with Crippen molar-refractivity contribution in [1.29, 1.82) is 0 Å². The molecule has 1 heterocycles. The van der Waals surface area contributed by atoms with E-state index in [1.165, 1.54) is 0 Å². The first-order valence-corrected chi connectivity index (χ1v) is 7.31. The lowest BCUT2D eigenvalue weighted by atomic mass is 10.1. The summed E-state index contributed by atoms with van der Waals surface area (Å²) in [6, 6.07) is 19.2. The molecule has 0 saturated heterocycles. The van der Waals surface area contributed by atoms with E-state index < -0.39 is 0 Å². The number of rotatable bonds is 6. The van der Waals surface area contributed by atoms with E-state index in [1.807, 2.05) is 48.5 Å². The van der Waals surface area contributed by atoms with Gasteiger partial charge in [-0.05, 0) is 42.0 Å². The Bertz CT molecular complexity index is 790. The van der Waals surface area contributed by atoms with Gasteiger partial charge in [-0.3, -0.25) is 4.79 Å². The maximum Gasteiger partial charge on any atom is 0.185 e. The zero-order chi connectivity index (χ0) is 16.1. The lowest BCUT2D eigenvalue weighted by molar-refractivity contribution is 0.110. The maximum absolute atomic E-state index is 10.8. The number of benzene rings is 2. The first-order chi connectivity index (χ1) is 11.3. The lowest BCUT2D eigenvalue weighted by Gasteiger charge is -2.11. The van der Waals surface area contributed by atoms with Crippen molar-refractivity contribution >= 4 is 12.0 Å². The van der Waals surface area contributed by atoms with Crippen LogP contribution < -0.4 is 10.1 Å². The van der Waals surface area contributed by atoms with E-state index >= 15 is 0 Å². The summed E-state index contributed by atoms with van der Waals surface area (Å²) in [6.45, 7) is 0.683. The summed E-state index contributed by atoms with van der Waals surface area (Å²) in [5, 5.41) is 3.40. The summed E-state index contributed by atoms with van der Waals surface area (Å²) in [5.41, 5.74) is 3.03. The fraction of sp³-hybridized carbons (Fsp3) is 0.105. The Balaban J connectivity index is 1.78. The molecular formula is C19H17NO3. The largest absolute Gasteiger partial charge is 0.497 e. The average Bonchev–Trinajstić information content (AvgIpc) is 3.09. The highest BCUT2D eigenvalue weighted by atomic mass is 16.5. The minimum absolute atomic E-state index is 0.324. The first-order valence-electron chi connectivity index (χ1n) is 7.31. The van der Waals surface area contributed by atoms with Crippen LogP contribution in [0.1, 0.15) is 16.1 Å². The van der Waals surface area contributed by atoms with Gasteiger partial charge in [-0.2, -0.15) is 0 Å². The summed E-state index contributed by atoms with van der Waals surface area (Å²) >= 11 is 0. The molecule has 0 aliphatic carbocycles. The standard InChI is InChI=1S/C19H17NO3/c1-22-15-8-6-14(7-9-15)12-20-18-5-3-2-4-17(18)19-11-10-16(13-21)23-19/h2-11,13,20H,12H2,1H3. The molecule has 0 bridgehead atoms. The Morgan fingerprint density at radius 3 is 2.52 bits per heavy atom. The van der Waals surface area contributed by atoms with Crippen LogP contribution in [0, 0.1) is 0 Å². The maximum atomic E-state index is 10.8. The summed E-state index contributed by atoms with van der Waals surface area (Å²) in [5.74, 6) is 1.83. The second-order valence-electron chi connectivity index (χ2n) is 5.07. The van der Waals surface area contributed by atoms with Crippen LogP contribution in [0.4, 0.5) is 5.69 Å². The Morgan fingerprint density at radius 1 is 1.04 bits per heavy atom. The van der Waals surface area contributed by atoms with Crippen LogP contribution in [0.25, 0.3) is 11.3 Å². The summed E-state index contributed by atoms with van der Waals surface area (Å²) in [7, 11) is 1.65. The summed E-state index contributed by atoms with van der Waals surface area (Å²) < 4.78 is 10.7. The molecule has 0 atom stereocenters. The van der Waals surface area contributed by atoms with Crippen molar-refractivity contribution in [1.82, 2.24) is 0 Å². The molecule has 0 aliphatic heterocycles. The van der Waals surface area contributed by atoms with E-state index in [0.717, 1.165) is 22.6 Å². The molecule has 116 valence electrons. The third kappa shape index (κ3) is 3.43. The zero-order valence-electron chi connectivity index (χ0n) is 12.8. The number of furan rings is 1. The lowest BCUT2D eigenvalue weighted by Crippen LogP contribution is -2.00. The Hall–Kier alpha value is -3.01. The van der Waals surface area contributed by atoms with Crippen LogP contribution >= 0.6 is 0 Å². The molecule has 23 heavy (non-hydrogen) atoms. The van der Waals surface area contributed by atoms with Gasteiger partial charge in [-0.15, -0.1) is 0 Å². The van der Waals surface area contributed by atoms with Crippen LogP contribution in [-0.4, -0.2) is 13.4 Å². The summed E-state index contributed by atoms with van der Waals surface area (Å²) in [6.07, 6.45) is 0.705. The Kier molecular flexibility index (Phi) is 4.43. The molecular weight excluding hydrogens is 290 g/mol. The van der Waals surface area contributed by atoms with Crippen molar-refractivity contribution < 1.29 is 13.9 Å². The van der Waals surface area contributed by atoms with E-state index in [1.54, 1.807) is 19.2 Å². The minimum atomic E-state index is 0.324. The van der Waals surface area contributed by atoms with Gasteiger partial charge in [0, 0.05) is 17.8 Å². The monoisotopic (exact) mass is 307 g/mol. The molecule has 4 nitrogen and oxygen atoms in total. The highest BCUT2D eigenvalue weighted by molar-refractivity contribution is 5.77. The third-order valence-electron chi connectivity index (χ3n) is 3.58. The van der Waals surface area contributed by atoms with Gasteiger partial charge >= 0.3 is 0 Å². The highest BCUT2D eigenvalue weighted by Crippen LogP contribution is 2.29. The quantitative estimate of drug-likeness (QED) is 0.687. The van der Waals surface area contributed by atoms with Gasteiger partial charge in [0.25, 0.3) is 0 Å². The van der Waals surface area contributed by atoms with Crippen LogP contribution in [0.2, 0.25) is 0 Å².